The molecule has 0 saturated carbocycles. The van der Waals surface area contributed by atoms with E-state index in [1.807, 2.05) is 36.4 Å². The van der Waals surface area contributed by atoms with Gasteiger partial charge in [0.15, 0.2) is 17.3 Å². The molecule has 0 spiro atoms. The first-order valence-corrected chi connectivity index (χ1v) is 8.29. The Morgan fingerprint density at radius 3 is 2.64 bits per heavy atom. The smallest absolute Gasteiger partial charge is 0.214 e. The third-order valence-electron chi connectivity index (χ3n) is 3.65. The molecule has 25 heavy (non-hydrogen) atoms. The number of hydrogen-bond acceptors (Lipinski definition) is 5. The summed E-state index contributed by atoms with van der Waals surface area (Å²) >= 11 is 11.5. The van der Waals surface area contributed by atoms with Gasteiger partial charge in [-0.3, -0.25) is 0 Å². The molecule has 3 rings (SSSR count). The molecule has 0 unspecified atom stereocenters. The monoisotopic (exact) mass is 376 g/mol. The van der Waals surface area contributed by atoms with Crippen LogP contribution in [0.2, 0.25) is 5.02 Å². The van der Waals surface area contributed by atoms with Gasteiger partial charge in [0.05, 0.1) is 20.8 Å². The molecule has 1 heterocycles. The predicted molar refractivity (Wildman–Crippen MR) is 100 cm³/mol. The topological polar surface area (TPSA) is 64.1 Å². The van der Waals surface area contributed by atoms with Crippen molar-refractivity contribution in [3.05, 3.63) is 57.8 Å². The van der Waals surface area contributed by atoms with Crippen LogP contribution in [0.25, 0.3) is 11.4 Å². The summed E-state index contributed by atoms with van der Waals surface area (Å²) in [6, 6.07) is 13.3. The summed E-state index contributed by atoms with van der Waals surface area (Å²) in [7, 11) is 3.17. The number of benzene rings is 2. The number of nitrogens with zero attached hydrogens (tertiary/aromatic N) is 2. The highest BCUT2D eigenvalue weighted by Gasteiger charge is 2.13. The van der Waals surface area contributed by atoms with Crippen molar-refractivity contribution in [3.63, 3.8) is 0 Å². The molecule has 130 valence electrons. The molecule has 0 aliphatic heterocycles. The molecule has 0 bridgehead atoms. The Morgan fingerprint density at radius 2 is 1.96 bits per heavy atom. The maximum Gasteiger partial charge on any atom is 0.214 e. The Labute approximate surface area is 155 Å². The van der Waals surface area contributed by atoms with Crippen molar-refractivity contribution in [2.45, 2.75) is 6.54 Å². The van der Waals surface area contributed by atoms with Gasteiger partial charge >= 0.3 is 0 Å². The van der Waals surface area contributed by atoms with E-state index in [4.69, 9.17) is 33.3 Å². The van der Waals surface area contributed by atoms with Crippen LogP contribution in [0.3, 0.4) is 0 Å². The maximum absolute atomic E-state index is 6.17. The highest BCUT2D eigenvalue weighted by molar-refractivity contribution is 7.71. The quantitative estimate of drug-likeness (QED) is 0.636. The molecule has 6 nitrogen and oxygen atoms in total. The highest BCUT2D eigenvalue weighted by Crippen LogP contribution is 2.34. The van der Waals surface area contributed by atoms with E-state index in [-0.39, 0.29) is 0 Å². The molecule has 3 aromatic rings. The molecular weight excluding hydrogens is 360 g/mol. The van der Waals surface area contributed by atoms with E-state index in [2.05, 4.69) is 15.6 Å². The van der Waals surface area contributed by atoms with Crippen molar-refractivity contribution in [3.8, 4) is 22.9 Å². The van der Waals surface area contributed by atoms with E-state index in [1.165, 1.54) is 0 Å². The minimum Gasteiger partial charge on any atom is -0.493 e. The van der Waals surface area contributed by atoms with Gasteiger partial charge in [-0.05, 0) is 18.3 Å². The lowest BCUT2D eigenvalue weighted by Gasteiger charge is -2.15. The van der Waals surface area contributed by atoms with E-state index in [0.717, 1.165) is 11.1 Å². The first kappa shape index (κ1) is 17.3. The van der Waals surface area contributed by atoms with Gasteiger partial charge in [0.25, 0.3) is 0 Å². The fourth-order valence-corrected chi connectivity index (χ4v) is 2.95. The number of halogens is 1. The maximum atomic E-state index is 6.17. The molecule has 8 heteroatoms. The second-order valence-electron chi connectivity index (χ2n) is 5.19. The largest absolute Gasteiger partial charge is 0.493 e. The minimum absolute atomic E-state index is 0.424. The van der Waals surface area contributed by atoms with Crippen LogP contribution in [0, 0.1) is 4.77 Å². The van der Waals surface area contributed by atoms with Crippen molar-refractivity contribution >= 4 is 23.8 Å². The number of aromatic amines is 1. The Bertz CT molecular complexity index is 924. The van der Waals surface area contributed by atoms with Crippen LogP contribution in [0.15, 0.2) is 42.5 Å². The molecule has 0 fully saturated rings. The minimum atomic E-state index is 0.424. The number of nitrogens with one attached hydrogen (secondary N) is 2. The van der Waals surface area contributed by atoms with Crippen LogP contribution in [0.5, 0.6) is 11.5 Å². The molecule has 0 aliphatic rings. The van der Waals surface area contributed by atoms with Crippen LogP contribution < -0.4 is 14.9 Å². The molecule has 0 atom stereocenters. The van der Waals surface area contributed by atoms with E-state index in [1.54, 1.807) is 25.0 Å². The van der Waals surface area contributed by atoms with Gasteiger partial charge in [-0.2, -0.15) is 5.10 Å². The number of H-pyrrole nitrogens is 1. The Hall–Kier alpha value is -2.51. The van der Waals surface area contributed by atoms with Gasteiger partial charge in [0.1, 0.15) is 0 Å². The SMILES string of the molecule is COc1cc(Cl)cc(CNn2c(-c3ccccc3)n[nH]c2=S)c1OC. The second kappa shape index (κ2) is 7.58. The van der Waals surface area contributed by atoms with Crippen molar-refractivity contribution in [2.24, 2.45) is 0 Å². The Balaban J connectivity index is 1.92. The van der Waals surface area contributed by atoms with Gasteiger partial charge in [-0.1, -0.05) is 41.9 Å². The highest BCUT2D eigenvalue weighted by atomic mass is 35.5. The predicted octanol–water partition coefficient (Wildman–Crippen LogP) is 4.02. The van der Waals surface area contributed by atoms with Crippen LogP contribution in [-0.2, 0) is 6.54 Å². The van der Waals surface area contributed by atoms with E-state index >= 15 is 0 Å². The fraction of sp³-hybridized carbons (Fsp3) is 0.176. The van der Waals surface area contributed by atoms with Crippen LogP contribution in [0.4, 0.5) is 0 Å². The third kappa shape index (κ3) is 3.62. The van der Waals surface area contributed by atoms with Crippen molar-refractivity contribution in [1.29, 1.82) is 0 Å². The van der Waals surface area contributed by atoms with Crippen LogP contribution in [0.1, 0.15) is 5.56 Å². The number of methoxy groups -OCH3 is 2. The summed E-state index contributed by atoms with van der Waals surface area (Å²) in [6.07, 6.45) is 0. The lowest BCUT2D eigenvalue weighted by molar-refractivity contribution is 0.352. The van der Waals surface area contributed by atoms with E-state index in [9.17, 15) is 0 Å². The average molecular weight is 377 g/mol. The van der Waals surface area contributed by atoms with Crippen LogP contribution >= 0.6 is 23.8 Å². The number of rotatable bonds is 6. The zero-order valence-corrected chi connectivity index (χ0v) is 15.3. The molecule has 0 radical (unpaired) electrons. The molecular formula is C17H17ClN4O2S. The Morgan fingerprint density at radius 1 is 1.20 bits per heavy atom. The molecule has 2 aromatic carbocycles. The van der Waals surface area contributed by atoms with Gasteiger partial charge in [-0.15, -0.1) is 0 Å². The van der Waals surface area contributed by atoms with E-state index < -0.39 is 0 Å². The average Bonchev–Trinajstić information content (AvgIpc) is 3.00. The summed E-state index contributed by atoms with van der Waals surface area (Å²) in [5, 5.41) is 7.66. The van der Waals surface area contributed by atoms with E-state index in [0.29, 0.717) is 33.7 Å². The van der Waals surface area contributed by atoms with Gasteiger partial charge in [0, 0.05) is 22.2 Å². The van der Waals surface area contributed by atoms with Crippen LogP contribution in [-0.4, -0.2) is 29.1 Å². The summed E-state index contributed by atoms with van der Waals surface area (Å²) in [5.74, 6) is 1.89. The lowest BCUT2D eigenvalue weighted by atomic mass is 10.2. The fourth-order valence-electron chi connectivity index (χ4n) is 2.53. The zero-order valence-electron chi connectivity index (χ0n) is 13.7. The summed E-state index contributed by atoms with van der Waals surface area (Å²) < 4.78 is 13.0. The molecule has 0 aliphatic carbocycles. The molecule has 0 saturated heterocycles. The number of ether oxygens (including phenoxy) is 2. The number of hydrogen-bond donors (Lipinski definition) is 2. The molecule has 0 amide bonds. The second-order valence-corrected chi connectivity index (χ2v) is 6.01. The zero-order chi connectivity index (χ0) is 17.8. The lowest BCUT2D eigenvalue weighted by Crippen LogP contribution is -2.16. The third-order valence-corrected chi connectivity index (χ3v) is 4.14. The van der Waals surface area contributed by atoms with Gasteiger partial charge < -0.3 is 14.9 Å². The first-order chi connectivity index (χ1) is 12.1. The van der Waals surface area contributed by atoms with Gasteiger partial charge in [-0.25, -0.2) is 9.77 Å². The normalized spacial score (nSPS) is 10.5. The first-order valence-electron chi connectivity index (χ1n) is 7.51. The summed E-state index contributed by atoms with van der Waals surface area (Å²) in [4.78, 5) is 0. The molecule has 2 N–H and O–H groups in total. The van der Waals surface area contributed by atoms with Gasteiger partial charge in [0.2, 0.25) is 4.77 Å². The standard InChI is InChI=1S/C17H17ClN4O2S/c1-23-14-9-13(18)8-12(15(14)24-2)10-19-22-16(20-21-17(22)25)11-6-4-3-5-7-11/h3-9,19H,10H2,1-2H3,(H,21,25). The summed E-state index contributed by atoms with van der Waals surface area (Å²) in [5.41, 5.74) is 5.04. The van der Waals surface area contributed by atoms with Crippen molar-refractivity contribution in [2.75, 3.05) is 19.6 Å². The van der Waals surface area contributed by atoms with Crippen molar-refractivity contribution < 1.29 is 9.47 Å². The Kier molecular flexibility index (Phi) is 5.25. The summed E-state index contributed by atoms with van der Waals surface area (Å²) in [6.45, 7) is 0.424. The number of aromatic nitrogens is 3. The van der Waals surface area contributed by atoms with Crippen molar-refractivity contribution in [1.82, 2.24) is 14.9 Å². The molecule has 1 aromatic heterocycles.